The van der Waals surface area contributed by atoms with Crippen LogP contribution in [0.3, 0.4) is 0 Å². The fourth-order valence-corrected chi connectivity index (χ4v) is 1.39. The summed E-state index contributed by atoms with van der Waals surface area (Å²) in [6.07, 6.45) is -0.217. The Morgan fingerprint density at radius 3 is 2.43 bits per heavy atom. The van der Waals surface area contributed by atoms with Crippen molar-refractivity contribution in [3.05, 3.63) is 33.8 Å². The average molecular weight is 233 g/mol. The second-order valence-corrected chi connectivity index (χ2v) is 3.48. The van der Waals surface area contributed by atoms with Crippen molar-refractivity contribution in [1.82, 2.24) is 0 Å². The summed E-state index contributed by atoms with van der Waals surface area (Å²) in [5.41, 5.74) is 0.462. The van der Waals surface area contributed by atoms with E-state index < -0.39 is 11.8 Å². The monoisotopic (exact) mass is 232 g/mol. The van der Waals surface area contributed by atoms with E-state index in [2.05, 4.69) is 0 Å². The SMILES string of the molecule is O=C(O)C(=O)Cc1ccc(Cl)cc1Cl. The molecule has 0 unspecified atom stereocenters. The molecular formula is C9H6Cl2O3. The Balaban J connectivity index is 2.87. The highest BCUT2D eigenvalue weighted by Gasteiger charge is 2.13. The number of hydrogen-bond donors (Lipinski definition) is 1. The largest absolute Gasteiger partial charge is 0.475 e. The van der Waals surface area contributed by atoms with Gasteiger partial charge in [-0.3, -0.25) is 4.79 Å². The summed E-state index contributed by atoms with van der Waals surface area (Å²) in [5.74, 6) is -2.36. The molecule has 3 nitrogen and oxygen atoms in total. The topological polar surface area (TPSA) is 54.4 Å². The summed E-state index contributed by atoms with van der Waals surface area (Å²) in [5, 5.41) is 9.11. The van der Waals surface area contributed by atoms with Gasteiger partial charge in [-0.1, -0.05) is 29.3 Å². The van der Waals surface area contributed by atoms with Gasteiger partial charge in [-0.2, -0.15) is 0 Å². The molecule has 0 aliphatic heterocycles. The van der Waals surface area contributed by atoms with Gasteiger partial charge in [0, 0.05) is 16.5 Å². The molecule has 0 spiro atoms. The van der Waals surface area contributed by atoms with E-state index in [1.807, 2.05) is 0 Å². The first-order valence-electron chi connectivity index (χ1n) is 3.70. The van der Waals surface area contributed by atoms with E-state index in [0.29, 0.717) is 15.6 Å². The fourth-order valence-electron chi connectivity index (χ4n) is 0.914. The molecule has 0 amide bonds. The van der Waals surface area contributed by atoms with Crippen LogP contribution < -0.4 is 0 Å². The summed E-state index contributed by atoms with van der Waals surface area (Å²) in [4.78, 5) is 21.1. The first-order chi connectivity index (χ1) is 6.50. The lowest BCUT2D eigenvalue weighted by atomic mass is 10.1. The lowest BCUT2D eigenvalue weighted by Crippen LogP contribution is -2.15. The maximum atomic E-state index is 10.9. The van der Waals surface area contributed by atoms with Crippen molar-refractivity contribution in [2.45, 2.75) is 6.42 Å². The van der Waals surface area contributed by atoms with Gasteiger partial charge in [0.1, 0.15) is 0 Å². The number of carboxylic acids is 1. The van der Waals surface area contributed by atoms with Gasteiger partial charge >= 0.3 is 5.97 Å². The Bertz CT molecular complexity index is 388. The molecule has 0 heterocycles. The van der Waals surface area contributed by atoms with Crippen molar-refractivity contribution in [2.24, 2.45) is 0 Å². The molecule has 0 aliphatic carbocycles. The normalized spacial score (nSPS) is 9.86. The van der Waals surface area contributed by atoms with Crippen molar-refractivity contribution >= 4 is 35.0 Å². The summed E-state index contributed by atoms with van der Waals surface area (Å²) >= 11 is 11.4. The van der Waals surface area contributed by atoms with Gasteiger partial charge in [0.2, 0.25) is 5.78 Å². The molecule has 0 saturated carbocycles. The number of hydrogen-bond acceptors (Lipinski definition) is 2. The van der Waals surface area contributed by atoms with Crippen LogP contribution in [0.5, 0.6) is 0 Å². The number of aliphatic carboxylic acids is 1. The molecule has 5 heteroatoms. The highest BCUT2D eigenvalue weighted by Crippen LogP contribution is 2.21. The summed E-state index contributed by atoms with van der Waals surface area (Å²) < 4.78 is 0. The Morgan fingerprint density at radius 1 is 1.29 bits per heavy atom. The Morgan fingerprint density at radius 2 is 1.93 bits per heavy atom. The zero-order valence-corrected chi connectivity index (χ0v) is 8.47. The van der Waals surface area contributed by atoms with Crippen molar-refractivity contribution in [2.75, 3.05) is 0 Å². The van der Waals surface area contributed by atoms with Crippen LogP contribution in [0, 0.1) is 0 Å². The fraction of sp³-hybridized carbons (Fsp3) is 0.111. The zero-order valence-electron chi connectivity index (χ0n) is 6.96. The van der Waals surface area contributed by atoms with Gasteiger partial charge in [0.25, 0.3) is 0 Å². The van der Waals surface area contributed by atoms with Crippen LogP contribution in [0.15, 0.2) is 18.2 Å². The summed E-state index contributed by atoms with van der Waals surface area (Å²) in [6, 6.07) is 4.55. The number of benzene rings is 1. The zero-order chi connectivity index (χ0) is 10.7. The van der Waals surface area contributed by atoms with E-state index in [9.17, 15) is 9.59 Å². The van der Waals surface area contributed by atoms with Crippen LogP contribution in [-0.2, 0) is 16.0 Å². The molecule has 0 aliphatic rings. The standard InChI is InChI=1S/C9H6Cl2O3/c10-6-2-1-5(7(11)4-6)3-8(12)9(13)14/h1-2,4H,3H2,(H,13,14). The lowest BCUT2D eigenvalue weighted by molar-refractivity contribution is -0.148. The average Bonchev–Trinajstić information content (AvgIpc) is 2.09. The van der Waals surface area contributed by atoms with Crippen LogP contribution in [0.1, 0.15) is 5.56 Å². The molecule has 1 aromatic rings. The first kappa shape index (κ1) is 11.0. The van der Waals surface area contributed by atoms with E-state index >= 15 is 0 Å². The number of rotatable bonds is 3. The minimum Gasteiger partial charge on any atom is -0.475 e. The molecule has 1 N–H and O–H groups in total. The van der Waals surface area contributed by atoms with Crippen molar-refractivity contribution in [3.63, 3.8) is 0 Å². The van der Waals surface area contributed by atoms with Crippen molar-refractivity contribution in [1.29, 1.82) is 0 Å². The molecule has 1 rings (SSSR count). The first-order valence-corrected chi connectivity index (χ1v) is 4.46. The number of ketones is 1. The van der Waals surface area contributed by atoms with E-state index in [1.165, 1.54) is 12.1 Å². The number of Topliss-reactive ketones (excluding diaryl/α,β-unsaturated/α-hetero) is 1. The molecule has 0 fully saturated rings. The number of halogens is 2. The Labute approximate surface area is 90.3 Å². The van der Waals surface area contributed by atoms with E-state index in [4.69, 9.17) is 28.3 Å². The number of carboxylic acid groups (broad SMARTS) is 1. The van der Waals surface area contributed by atoms with E-state index in [1.54, 1.807) is 6.07 Å². The third-order valence-corrected chi connectivity index (χ3v) is 2.19. The molecule has 0 atom stereocenters. The Kier molecular flexibility index (Phi) is 3.49. The second-order valence-electron chi connectivity index (χ2n) is 2.64. The maximum absolute atomic E-state index is 10.9. The minimum absolute atomic E-state index is 0.217. The minimum atomic E-state index is -1.46. The molecule has 1 aromatic carbocycles. The number of carbonyl (C=O) groups is 2. The van der Waals surface area contributed by atoms with E-state index in [0.717, 1.165) is 0 Å². The van der Waals surface area contributed by atoms with Gasteiger partial charge in [-0.05, 0) is 17.7 Å². The van der Waals surface area contributed by atoms with Crippen LogP contribution in [0.2, 0.25) is 10.0 Å². The quantitative estimate of drug-likeness (QED) is 0.814. The highest BCUT2D eigenvalue weighted by atomic mass is 35.5. The molecule has 0 saturated heterocycles. The number of carbonyl (C=O) groups excluding carboxylic acids is 1. The maximum Gasteiger partial charge on any atom is 0.372 e. The summed E-state index contributed by atoms with van der Waals surface area (Å²) in [6.45, 7) is 0. The molecule has 0 radical (unpaired) electrons. The summed E-state index contributed by atoms with van der Waals surface area (Å²) in [7, 11) is 0. The molecule has 0 bridgehead atoms. The highest BCUT2D eigenvalue weighted by molar-refractivity contribution is 6.36. The van der Waals surface area contributed by atoms with Gasteiger partial charge in [-0.25, -0.2) is 4.79 Å². The van der Waals surface area contributed by atoms with Crippen molar-refractivity contribution in [3.8, 4) is 0 Å². The molecule has 14 heavy (non-hydrogen) atoms. The van der Waals surface area contributed by atoms with Crippen LogP contribution >= 0.6 is 23.2 Å². The van der Waals surface area contributed by atoms with Crippen LogP contribution in [-0.4, -0.2) is 16.9 Å². The second kappa shape index (κ2) is 4.44. The Hall–Kier alpha value is -1.06. The third-order valence-electron chi connectivity index (χ3n) is 1.60. The molecule has 0 aromatic heterocycles. The van der Waals surface area contributed by atoms with Crippen LogP contribution in [0.4, 0.5) is 0 Å². The van der Waals surface area contributed by atoms with E-state index in [-0.39, 0.29) is 6.42 Å². The van der Waals surface area contributed by atoms with Gasteiger partial charge in [0.05, 0.1) is 0 Å². The predicted molar refractivity (Wildman–Crippen MR) is 52.8 cm³/mol. The molecular weight excluding hydrogens is 227 g/mol. The predicted octanol–water partition coefficient (Wildman–Crippen LogP) is 2.19. The third kappa shape index (κ3) is 2.72. The van der Waals surface area contributed by atoms with Crippen molar-refractivity contribution < 1.29 is 14.7 Å². The van der Waals surface area contributed by atoms with Gasteiger partial charge in [-0.15, -0.1) is 0 Å². The van der Waals surface area contributed by atoms with Crippen LogP contribution in [0.25, 0.3) is 0 Å². The van der Waals surface area contributed by atoms with Gasteiger partial charge in [0.15, 0.2) is 0 Å². The lowest BCUT2D eigenvalue weighted by Gasteiger charge is -2.01. The smallest absolute Gasteiger partial charge is 0.372 e. The van der Waals surface area contributed by atoms with Gasteiger partial charge < -0.3 is 5.11 Å². The molecule has 74 valence electrons.